The van der Waals surface area contributed by atoms with E-state index in [1.165, 1.54) is 0 Å². The van der Waals surface area contributed by atoms with Gasteiger partial charge in [0.25, 0.3) is 5.91 Å². The molecule has 1 aromatic heterocycles. The van der Waals surface area contributed by atoms with Gasteiger partial charge in [0.2, 0.25) is 5.89 Å². The number of hydrogen-bond acceptors (Lipinski definition) is 5. The highest BCUT2D eigenvalue weighted by atomic mass is 16.5. The monoisotopic (exact) mass is 315 g/mol. The van der Waals surface area contributed by atoms with Gasteiger partial charge in [0.05, 0.1) is 5.92 Å². The van der Waals surface area contributed by atoms with E-state index in [9.17, 15) is 4.79 Å². The standard InChI is InChI=1S/C17H21N3O3/c1-12-5-7-15(8-6-12)22-11-16(21)20-9-3-4-14(10-20)17-18-13(2)19-23-17/h5-8,14H,3-4,9-11H2,1-2H3/t14-/m0/s1. The first-order valence-electron chi connectivity index (χ1n) is 7.89. The van der Waals surface area contributed by atoms with Crippen LogP contribution in [0.25, 0.3) is 0 Å². The van der Waals surface area contributed by atoms with Crippen LogP contribution < -0.4 is 4.74 Å². The van der Waals surface area contributed by atoms with Crippen LogP contribution in [0.3, 0.4) is 0 Å². The largest absolute Gasteiger partial charge is 0.484 e. The smallest absolute Gasteiger partial charge is 0.260 e. The van der Waals surface area contributed by atoms with E-state index >= 15 is 0 Å². The summed E-state index contributed by atoms with van der Waals surface area (Å²) in [6, 6.07) is 7.69. The van der Waals surface area contributed by atoms with Gasteiger partial charge in [0.15, 0.2) is 12.4 Å². The lowest BCUT2D eigenvalue weighted by Gasteiger charge is -2.30. The van der Waals surface area contributed by atoms with Gasteiger partial charge in [-0.2, -0.15) is 4.98 Å². The minimum absolute atomic E-state index is 0.00786. The van der Waals surface area contributed by atoms with Crippen molar-refractivity contribution in [2.24, 2.45) is 0 Å². The molecule has 2 aromatic rings. The van der Waals surface area contributed by atoms with Crippen molar-refractivity contribution >= 4 is 5.91 Å². The molecule has 3 rings (SSSR count). The highest BCUT2D eigenvalue weighted by molar-refractivity contribution is 5.78. The van der Waals surface area contributed by atoms with Gasteiger partial charge in [-0.3, -0.25) is 4.79 Å². The average molecular weight is 315 g/mol. The van der Waals surface area contributed by atoms with Crippen molar-refractivity contribution in [3.05, 3.63) is 41.5 Å². The molecule has 1 aromatic carbocycles. The molecule has 1 amide bonds. The lowest BCUT2D eigenvalue weighted by atomic mass is 9.98. The van der Waals surface area contributed by atoms with Crippen molar-refractivity contribution < 1.29 is 14.1 Å². The second-order valence-corrected chi connectivity index (χ2v) is 5.96. The lowest BCUT2D eigenvalue weighted by Crippen LogP contribution is -2.41. The van der Waals surface area contributed by atoms with E-state index in [-0.39, 0.29) is 18.4 Å². The first kappa shape index (κ1) is 15.5. The maximum absolute atomic E-state index is 12.4. The molecule has 1 atom stereocenters. The van der Waals surface area contributed by atoms with Crippen LogP contribution in [0.15, 0.2) is 28.8 Å². The third kappa shape index (κ3) is 3.88. The zero-order chi connectivity index (χ0) is 16.2. The number of aryl methyl sites for hydroxylation is 2. The van der Waals surface area contributed by atoms with Crippen LogP contribution in [0.5, 0.6) is 5.75 Å². The molecule has 1 saturated heterocycles. The summed E-state index contributed by atoms with van der Waals surface area (Å²) in [6.07, 6.45) is 1.90. The van der Waals surface area contributed by atoms with Gasteiger partial charge in [-0.05, 0) is 38.8 Å². The third-order valence-corrected chi connectivity index (χ3v) is 4.05. The topological polar surface area (TPSA) is 68.5 Å². The summed E-state index contributed by atoms with van der Waals surface area (Å²) in [5, 5.41) is 3.83. The van der Waals surface area contributed by atoms with E-state index in [4.69, 9.17) is 9.26 Å². The second kappa shape index (κ2) is 6.81. The van der Waals surface area contributed by atoms with Crippen LogP contribution >= 0.6 is 0 Å². The molecule has 2 heterocycles. The number of carbonyl (C=O) groups excluding carboxylic acids is 1. The van der Waals surface area contributed by atoms with Crippen LogP contribution in [0.1, 0.15) is 36.0 Å². The molecule has 0 N–H and O–H groups in total. The summed E-state index contributed by atoms with van der Waals surface area (Å²) in [7, 11) is 0. The van der Waals surface area contributed by atoms with Gasteiger partial charge in [0.1, 0.15) is 5.75 Å². The van der Waals surface area contributed by atoms with Crippen molar-refractivity contribution in [3.63, 3.8) is 0 Å². The summed E-state index contributed by atoms with van der Waals surface area (Å²) in [6.45, 7) is 5.23. The predicted octanol–water partition coefficient (Wildman–Crippen LogP) is 2.47. The zero-order valence-corrected chi connectivity index (χ0v) is 13.5. The molecule has 122 valence electrons. The fraction of sp³-hybridized carbons (Fsp3) is 0.471. The van der Waals surface area contributed by atoms with Crippen molar-refractivity contribution in [2.75, 3.05) is 19.7 Å². The molecule has 6 heteroatoms. The van der Waals surface area contributed by atoms with Gasteiger partial charge in [0, 0.05) is 13.1 Å². The summed E-state index contributed by atoms with van der Waals surface area (Å²) in [5.41, 5.74) is 1.16. The Hall–Kier alpha value is -2.37. The highest BCUT2D eigenvalue weighted by Gasteiger charge is 2.28. The third-order valence-electron chi connectivity index (χ3n) is 4.05. The van der Waals surface area contributed by atoms with Crippen LogP contribution in [0.2, 0.25) is 0 Å². The number of ether oxygens (including phenoxy) is 1. The number of hydrogen-bond donors (Lipinski definition) is 0. The Morgan fingerprint density at radius 2 is 2.13 bits per heavy atom. The fourth-order valence-corrected chi connectivity index (χ4v) is 2.76. The maximum atomic E-state index is 12.4. The zero-order valence-electron chi connectivity index (χ0n) is 13.5. The molecule has 0 spiro atoms. The summed E-state index contributed by atoms with van der Waals surface area (Å²) in [4.78, 5) is 18.5. The summed E-state index contributed by atoms with van der Waals surface area (Å²) >= 11 is 0. The van der Waals surface area contributed by atoms with Crippen LogP contribution in [0.4, 0.5) is 0 Å². The highest BCUT2D eigenvalue weighted by Crippen LogP contribution is 2.25. The van der Waals surface area contributed by atoms with Crippen LogP contribution in [0, 0.1) is 13.8 Å². The van der Waals surface area contributed by atoms with E-state index < -0.39 is 0 Å². The number of carbonyl (C=O) groups is 1. The molecule has 1 fully saturated rings. The Morgan fingerprint density at radius 1 is 1.35 bits per heavy atom. The van der Waals surface area contributed by atoms with Gasteiger partial charge in [-0.25, -0.2) is 0 Å². The molecule has 6 nitrogen and oxygen atoms in total. The molecule has 0 unspecified atom stereocenters. The van der Waals surface area contributed by atoms with Gasteiger partial charge in [-0.15, -0.1) is 0 Å². The molecular formula is C17H21N3O3. The normalized spacial score (nSPS) is 18.0. The Labute approximate surface area is 135 Å². The van der Waals surface area contributed by atoms with Crippen LogP contribution in [-0.2, 0) is 4.79 Å². The molecule has 23 heavy (non-hydrogen) atoms. The second-order valence-electron chi connectivity index (χ2n) is 5.96. The number of amides is 1. The number of benzene rings is 1. The number of nitrogens with zero attached hydrogens (tertiary/aromatic N) is 3. The Balaban J connectivity index is 1.55. The molecule has 1 aliphatic rings. The van der Waals surface area contributed by atoms with Crippen molar-refractivity contribution in [1.29, 1.82) is 0 Å². The molecule has 0 saturated carbocycles. The summed E-state index contributed by atoms with van der Waals surface area (Å²) in [5.74, 6) is 2.08. The van der Waals surface area contributed by atoms with Crippen molar-refractivity contribution in [3.8, 4) is 5.75 Å². The molecule has 0 radical (unpaired) electrons. The number of piperidine rings is 1. The summed E-state index contributed by atoms with van der Waals surface area (Å²) < 4.78 is 10.8. The average Bonchev–Trinajstić information content (AvgIpc) is 3.01. The fourth-order valence-electron chi connectivity index (χ4n) is 2.76. The SMILES string of the molecule is Cc1ccc(OCC(=O)N2CCC[C@H](c3nc(C)no3)C2)cc1. The Bertz CT molecular complexity index is 666. The van der Waals surface area contributed by atoms with E-state index in [1.54, 1.807) is 6.92 Å². The van der Waals surface area contributed by atoms with E-state index in [1.807, 2.05) is 36.1 Å². The van der Waals surface area contributed by atoms with Crippen molar-refractivity contribution in [2.45, 2.75) is 32.6 Å². The Morgan fingerprint density at radius 3 is 2.83 bits per heavy atom. The molecule has 1 aliphatic heterocycles. The quantitative estimate of drug-likeness (QED) is 0.867. The first-order valence-corrected chi connectivity index (χ1v) is 7.89. The van der Waals surface area contributed by atoms with E-state index in [0.717, 1.165) is 24.9 Å². The minimum Gasteiger partial charge on any atom is -0.484 e. The van der Waals surface area contributed by atoms with Crippen LogP contribution in [-0.4, -0.2) is 40.6 Å². The van der Waals surface area contributed by atoms with Crippen molar-refractivity contribution in [1.82, 2.24) is 15.0 Å². The molecular weight excluding hydrogens is 294 g/mol. The molecule has 0 bridgehead atoms. The number of rotatable bonds is 4. The Kier molecular flexibility index (Phi) is 4.60. The lowest BCUT2D eigenvalue weighted by molar-refractivity contribution is -0.134. The van der Waals surface area contributed by atoms with Gasteiger partial charge >= 0.3 is 0 Å². The van der Waals surface area contributed by atoms with E-state index in [2.05, 4.69) is 10.1 Å². The first-order chi connectivity index (χ1) is 11.1. The van der Waals surface area contributed by atoms with Gasteiger partial charge < -0.3 is 14.2 Å². The maximum Gasteiger partial charge on any atom is 0.260 e. The predicted molar refractivity (Wildman–Crippen MR) is 84.3 cm³/mol. The van der Waals surface area contributed by atoms with Gasteiger partial charge in [-0.1, -0.05) is 22.9 Å². The van der Waals surface area contributed by atoms with E-state index in [0.29, 0.717) is 24.0 Å². The number of likely N-dealkylation sites (tertiary alicyclic amines) is 1. The number of aromatic nitrogens is 2. The molecule has 0 aliphatic carbocycles. The minimum atomic E-state index is -0.00786.